The summed E-state index contributed by atoms with van der Waals surface area (Å²) in [4.78, 5) is 4.33. The van der Waals surface area contributed by atoms with Crippen LogP contribution in [0.3, 0.4) is 0 Å². The second-order valence-corrected chi connectivity index (χ2v) is 4.46. The van der Waals surface area contributed by atoms with Crippen LogP contribution >= 0.6 is 11.3 Å². The number of benzene rings is 1. The molecule has 1 N–H and O–H groups in total. The molecule has 0 amide bonds. The van der Waals surface area contributed by atoms with E-state index < -0.39 is 6.10 Å². The van der Waals surface area contributed by atoms with E-state index in [1.807, 2.05) is 42.6 Å². The van der Waals surface area contributed by atoms with Gasteiger partial charge in [0, 0.05) is 17.5 Å². The highest BCUT2D eigenvalue weighted by Gasteiger charge is 2.09. The molecule has 1 heterocycles. The minimum atomic E-state index is -0.447. The number of hydrogen-bond donors (Lipinski definition) is 1. The molecule has 15 heavy (non-hydrogen) atoms. The molecule has 0 aliphatic heterocycles. The predicted octanol–water partition coefficient (Wildman–Crippen LogP) is 2.73. The summed E-state index contributed by atoms with van der Waals surface area (Å²) in [5, 5.41) is 12.9. The Morgan fingerprint density at radius 1 is 1.33 bits per heavy atom. The predicted molar refractivity (Wildman–Crippen MR) is 62.0 cm³/mol. The third-order valence-corrected chi connectivity index (χ3v) is 3.21. The first-order valence-corrected chi connectivity index (χ1v) is 5.77. The van der Waals surface area contributed by atoms with Crippen molar-refractivity contribution >= 4 is 11.3 Å². The molecule has 0 fully saturated rings. The fourth-order valence-electron chi connectivity index (χ4n) is 1.45. The van der Waals surface area contributed by atoms with Gasteiger partial charge in [-0.2, -0.15) is 0 Å². The van der Waals surface area contributed by atoms with Gasteiger partial charge in [-0.1, -0.05) is 30.3 Å². The van der Waals surface area contributed by atoms with Gasteiger partial charge in [-0.3, -0.25) is 0 Å². The number of nitrogens with zero attached hydrogens (tertiary/aromatic N) is 1. The number of thiazole rings is 1. The van der Waals surface area contributed by atoms with E-state index in [1.54, 1.807) is 11.3 Å². The number of aryl methyl sites for hydroxylation is 1. The Morgan fingerprint density at radius 2 is 2.07 bits per heavy atom. The summed E-state index contributed by atoms with van der Waals surface area (Å²) >= 11 is 1.60. The quantitative estimate of drug-likeness (QED) is 0.861. The summed E-state index contributed by atoms with van der Waals surface area (Å²) in [5.41, 5.74) is 1.97. The zero-order chi connectivity index (χ0) is 10.7. The smallest absolute Gasteiger partial charge is 0.0957 e. The second-order valence-electron chi connectivity index (χ2n) is 3.51. The molecule has 2 rings (SSSR count). The third-order valence-electron chi connectivity index (χ3n) is 2.22. The van der Waals surface area contributed by atoms with Crippen LogP contribution in [0.4, 0.5) is 0 Å². The van der Waals surface area contributed by atoms with Crippen molar-refractivity contribution in [2.24, 2.45) is 0 Å². The zero-order valence-electron chi connectivity index (χ0n) is 8.55. The van der Waals surface area contributed by atoms with Gasteiger partial charge in [0.25, 0.3) is 0 Å². The van der Waals surface area contributed by atoms with Crippen LogP contribution in [0.5, 0.6) is 0 Å². The molecule has 0 aliphatic rings. The van der Waals surface area contributed by atoms with Crippen LogP contribution in [0, 0.1) is 6.92 Å². The number of aliphatic hydroxyl groups is 1. The molecular weight excluding hydrogens is 206 g/mol. The number of hydrogen-bond acceptors (Lipinski definition) is 3. The Kier molecular flexibility index (Phi) is 3.14. The summed E-state index contributed by atoms with van der Waals surface area (Å²) in [7, 11) is 0. The maximum atomic E-state index is 9.95. The first-order chi connectivity index (χ1) is 7.25. The molecular formula is C12H13NOS. The summed E-state index contributed by atoms with van der Waals surface area (Å²) in [6.45, 7) is 1.97. The summed E-state index contributed by atoms with van der Waals surface area (Å²) in [6.07, 6.45) is 0.152. The van der Waals surface area contributed by atoms with Crippen LogP contribution in [0.2, 0.25) is 0 Å². The van der Waals surface area contributed by atoms with E-state index in [0.717, 1.165) is 16.3 Å². The van der Waals surface area contributed by atoms with Gasteiger partial charge >= 0.3 is 0 Å². The molecule has 0 aliphatic carbocycles. The second kappa shape index (κ2) is 4.55. The van der Waals surface area contributed by atoms with E-state index in [4.69, 9.17) is 0 Å². The minimum Gasteiger partial charge on any atom is -0.388 e. The number of aromatic nitrogens is 1. The van der Waals surface area contributed by atoms with Gasteiger partial charge in [-0.15, -0.1) is 11.3 Å². The van der Waals surface area contributed by atoms with Gasteiger partial charge in [-0.05, 0) is 12.5 Å². The molecule has 1 aromatic carbocycles. The van der Waals surface area contributed by atoms with Crippen LogP contribution < -0.4 is 0 Å². The first-order valence-electron chi connectivity index (χ1n) is 4.90. The molecule has 1 atom stereocenters. The fraction of sp³-hybridized carbons (Fsp3) is 0.250. The monoisotopic (exact) mass is 219 g/mol. The Labute approximate surface area is 93.2 Å². The molecule has 0 saturated carbocycles. The van der Waals surface area contributed by atoms with Gasteiger partial charge in [0.05, 0.1) is 11.1 Å². The van der Waals surface area contributed by atoms with Gasteiger partial charge in [0.2, 0.25) is 0 Å². The summed E-state index contributed by atoms with van der Waals surface area (Å²) < 4.78 is 0. The molecule has 2 nitrogen and oxygen atoms in total. The number of rotatable bonds is 3. The van der Waals surface area contributed by atoms with E-state index in [1.165, 1.54) is 0 Å². The van der Waals surface area contributed by atoms with Crippen LogP contribution in [0.1, 0.15) is 22.4 Å². The van der Waals surface area contributed by atoms with Crippen molar-refractivity contribution in [3.63, 3.8) is 0 Å². The number of aliphatic hydroxyl groups excluding tert-OH is 1. The van der Waals surface area contributed by atoms with Crippen molar-refractivity contribution in [3.8, 4) is 0 Å². The van der Waals surface area contributed by atoms with Crippen molar-refractivity contribution in [3.05, 3.63) is 52.0 Å². The third kappa shape index (κ3) is 2.64. The Morgan fingerprint density at radius 3 is 2.67 bits per heavy atom. The van der Waals surface area contributed by atoms with Crippen LogP contribution in [-0.2, 0) is 6.42 Å². The van der Waals surface area contributed by atoms with Crippen molar-refractivity contribution in [2.75, 3.05) is 0 Å². The molecule has 78 valence electrons. The SMILES string of the molecule is Cc1csc(C[C@@H](O)c2ccccc2)n1. The average Bonchev–Trinajstić information content (AvgIpc) is 2.65. The largest absolute Gasteiger partial charge is 0.388 e. The van der Waals surface area contributed by atoms with Gasteiger partial charge < -0.3 is 5.11 Å². The highest BCUT2D eigenvalue weighted by molar-refractivity contribution is 7.09. The molecule has 0 saturated heterocycles. The summed E-state index contributed by atoms with van der Waals surface area (Å²) in [5.74, 6) is 0. The van der Waals surface area contributed by atoms with Gasteiger partial charge in [0.15, 0.2) is 0 Å². The van der Waals surface area contributed by atoms with E-state index in [-0.39, 0.29) is 0 Å². The summed E-state index contributed by atoms with van der Waals surface area (Å²) in [6, 6.07) is 9.69. The lowest BCUT2D eigenvalue weighted by atomic mass is 10.1. The lowest BCUT2D eigenvalue weighted by Crippen LogP contribution is -2.01. The van der Waals surface area contributed by atoms with Crippen LogP contribution in [0.15, 0.2) is 35.7 Å². The average molecular weight is 219 g/mol. The lowest BCUT2D eigenvalue weighted by molar-refractivity contribution is 0.178. The highest BCUT2D eigenvalue weighted by Crippen LogP contribution is 2.20. The van der Waals surface area contributed by atoms with E-state index in [2.05, 4.69) is 4.98 Å². The maximum absolute atomic E-state index is 9.95. The van der Waals surface area contributed by atoms with Gasteiger partial charge in [-0.25, -0.2) is 4.98 Å². The van der Waals surface area contributed by atoms with Crippen molar-refractivity contribution < 1.29 is 5.11 Å². The standard InChI is InChI=1S/C12H13NOS/c1-9-8-15-12(13-9)7-11(14)10-5-3-2-4-6-10/h2-6,8,11,14H,7H2,1H3/t11-/m1/s1. The van der Waals surface area contributed by atoms with E-state index in [0.29, 0.717) is 6.42 Å². The van der Waals surface area contributed by atoms with Crippen molar-refractivity contribution in [1.82, 2.24) is 4.98 Å². The maximum Gasteiger partial charge on any atom is 0.0957 e. The molecule has 0 unspecified atom stereocenters. The fourth-order valence-corrected chi connectivity index (χ4v) is 2.26. The van der Waals surface area contributed by atoms with Gasteiger partial charge in [0.1, 0.15) is 0 Å². The zero-order valence-corrected chi connectivity index (χ0v) is 9.37. The Balaban J connectivity index is 2.07. The van der Waals surface area contributed by atoms with Crippen molar-refractivity contribution in [2.45, 2.75) is 19.4 Å². The van der Waals surface area contributed by atoms with E-state index in [9.17, 15) is 5.11 Å². The highest BCUT2D eigenvalue weighted by atomic mass is 32.1. The molecule has 0 radical (unpaired) electrons. The molecule has 1 aromatic heterocycles. The normalized spacial score (nSPS) is 12.7. The van der Waals surface area contributed by atoms with Crippen LogP contribution in [0.25, 0.3) is 0 Å². The van der Waals surface area contributed by atoms with Crippen molar-refractivity contribution in [1.29, 1.82) is 0 Å². The molecule has 2 aromatic rings. The lowest BCUT2D eigenvalue weighted by Gasteiger charge is -2.08. The van der Waals surface area contributed by atoms with E-state index >= 15 is 0 Å². The van der Waals surface area contributed by atoms with Crippen LogP contribution in [-0.4, -0.2) is 10.1 Å². The topological polar surface area (TPSA) is 33.1 Å². The first kappa shape index (κ1) is 10.3. The molecule has 0 bridgehead atoms. The minimum absolute atomic E-state index is 0.447. The Hall–Kier alpha value is -1.19. The molecule has 3 heteroatoms. The molecule has 0 spiro atoms. The Bertz CT molecular complexity index is 424.